The Bertz CT molecular complexity index is 459. The van der Waals surface area contributed by atoms with Crippen LogP contribution in [0.4, 0.5) is 13.2 Å². The molecule has 7 heteroatoms. The van der Waals surface area contributed by atoms with E-state index in [2.05, 4.69) is 10.2 Å². The van der Waals surface area contributed by atoms with Gasteiger partial charge in [-0.25, -0.2) is 0 Å². The van der Waals surface area contributed by atoms with E-state index in [0.717, 1.165) is 12.1 Å². The molecule has 0 heterocycles. The molecule has 0 aromatic heterocycles. The van der Waals surface area contributed by atoms with E-state index in [4.69, 9.17) is 11.5 Å². The molecule has 0 unspecified atom stereocenters. The SMILES string of the molecule is C/C(=N/N=C(N)N)c1cccc(C(F)(F)F)c1. The number of halogens is 3. The van der Waals surface area contributed by atoms with Crippen molar-refractivity contribution < 1.29 is 13.2 Å². The zero-order chi connectivity index (χ0) is 13.1. The molecule has 0 fully saturated rings. The van der Waals surface area contributed by atoms with Crippen molar-refractivity contribution >= 4 is 11.7 Å². The molecule has 0 radical (unpaired) electrons. The summed E-state index contributed by atoms with van der Waals surface area (Å²) in [4.78, 5) is 0. The lowest BCUT2D eigenvalue weighted by Crippen LogP contribution is -2.22. The van der Waals surface area contributed by atoms with Gasteiger partial charge in [0.15, 0.2) is 0 Å². The second kappa shape index (κ2) is 4.86. The van der Waals surface area contributed by atoms with E-state index in [1.165, 1.54) is 19.1 Å². The number of rotatable bonds is 2. The first-order chi connectivity index (χ1) is 7.80. The third kappa shape index (κ3) is 3.78. The Morgan fingerprint density at radius 2 is 1.82 bits per heavy atom. The lowest BCUT2D eigenvalue weighted by atomic mass is 10.1. The highest BCUT2D eigenvalue weighted by molar-refractivity contribution is 5.99. The first kappa shape index (κ1) is 13.0. The van der Waals surface area contributed by atoms with Crippen molar-refractivity contribution in [3.8, 4) is 0 Å². The van der Waals surface area contributed by atoms with Crippen molar-refractivity contribution in [1.29, 1.82) is 0 Å². The maximum absolute atomic E-state index is 12.4. The molecular weight excluding hydrogens is 233 g/mol. The summed E-state index contributed by atoms with van der Waals surface area (Å²) in [5, 5.41) is 6.98. The molecule has 1 aromatic rings. The van der Waals surface area contributed by atoms with Gasteiger partial charge in [0, 0.05) is 0 Å². The molecule has 0 aliphatic rings. The average Bonchev–Trinajstić information content (AvgIpc) is 2.25. The average molecular weight is 244 g/mol. The third-order valence-corrected chi connectivity index (χ3v) is 1.92. The van der Waals surface area contributed by atoms with Crippen LogP contribution in [-0.2, 0) is 6.18 Å². The zero-order valence-corrected chi connectivity index (χ0v) is 8.99. The Morgan fingerprint density at radius 3 is 2.35 bits per heavy atom. The number of nitrogens with two attached hydrogens (primary N) is 2. The van der Waals surface area contributed by atoms with Crippen LogP contribution in [0.15, 0.2) is 34.5 Å². The molecule has 0 saturated carbocycles. The van der Waals surface area contributed by atoms with Gasteiger partial charge in [0.1, 0.15) is 0 Å². The molecule has 0 aliphatic heterocycles. The van der Waals surface area contributed by atoms with Crippen LogP contribution in [0.3, 0.4) is 0 Å². The third-order valence-electron chi connectivity index (χ3n) is 1.92. The Labute approximate surface area is 95.8 Å². The van der Waals surface area contributed by atoms with E-state index in [1.54, 1.807) is 0 Å². The largest absolute Gasteiger partial charge is 0.416 e. The van der Waals surface area contributed by atoms with Crippen LogP contribution in [0.2, 0.25) is 0 Å². The fourth-order valence-corrected chi connectivity index (χ4v) is 1.11. The minimum Gasteiger partial charge on any atom is -0.369 e. The van der Waals surface area contributed by atoms with Crippen molar-refractivity contribution in [1.82, 2.24) is 0 Å². The van der Waals surface area contributed by atoms with Gasteiger partial charge in [-0.1, -0.05) is 12.1 Å². The van der Waals surface area contributed by atoms with Crippen molar-refractivity contribution in [3.05, 3.63) is 35.4 Å². The maximum Gasteiger partial charge on any atom is 0.416 e. The van der Waals surface area contributed by atoms with Crippen LogP contribution in [0.5, 0.6) is 0 Å². The Kier molecular flexibility index (Phi) is 3.72. The fourth-order valence-electron chi connectivity index (χ4n) is 1.11. The van der Waals surface area contributed by atoms with Crippen LogP contribution in [0, 0.1) is 0 Å². The summed E-state index contributed by atoms with van der Waals surface area (Å²) < 4.78 is 37.3. The van der Waals surface area contributed by atoms with E-state index in [1.807, 2.05) is 0 Å². The number of alkyl halides is 3. The molecule has 17 heavy (non-hydrogen) atoms. The van der Waals surface area contributed by atoms with E-state index in [9.17, 15) is 13.2 Å². The second-order valence-electron chi connectivity index (χ2n) is 3.29. The van der Waals surface area contributed by atoms with Gasteiger partial charge in [-0.2, -0.15) is 18.3 Å². The minimum absolute atomic E-state index is 0.253. The van der Waals surface area contributed by atoms with Crippen LogP contribution in [0.25, 0.3) is 0 Å². The van der Waals surface area contributed by atoms with Crippen molar-refractivity contribution in [3.63, 3.8) is 0 Å². The molecule has 4 nitrogen and oxygen atoms in total. The van der Waals surface area contributed by atoms with Crippen molar-refractivity contribution in [2.24, 2.45) is 21.7 Å². The number of hydrogen-bond acceptors (Lipinski definition) is 2. The van der Waals surface area contributed by atoms with Gasteiger partial charge in [0.2, 0.25) is 5.96 Å². The number of hydrogen-bond donors (Lipinski definition) is 2. The highest BCUT2D eigenvalue weighted by atomic mass is 19.4. The molecule has 1 aromatic carbocycles. The Hall–Kier alpha value is -2.05. The van der Waals surface area contributed by atoms with Crippen LogP contribution < -0.4 is 11.5 Å². The van der Waals surface area contributed by atoms with Gasteiger partial charge in [-0.05, 0) is 24.6 Å². The number of guanidine groups is 1. The quantitative estimate of drug-likeness (QED) is 0.472. The normalized spacial score (nSPS) is 12.4. The standard InChI is InChI=1S/C10H11F3N4/c1-6(16-17-9(14)15)7-3-2-4-8(5-7)10(11,12)13/h2-5H,1H3,(H4,14,15,17)/b16-6-. The highest BCUT2D eigenvalue weighted by Gasteiger charge is 2.30. The molecule has 0 saturated heterocycles. The Morgan fingerprint density at radius 1 is 1.18 bits per heavy atom. The van der Waals surface area contributed by atoms with Gasteiger partial charge in [-0.15, -0.1) is 5.10 Å². The maximum atomic E-state index is 12.4. The lowest BCUT2D eigenvalue weighted by Gasteiger charge is -2.07. The summed E-state index contributed by atoms with van der Waals surface area (Å²) in [5.74, 6) is -0.253. The first-order valence-corrected chi connectivity index (χ1v) is 4.61. The van der Waals surface area contributed by atoms with Crippen LogP contribution >= 0.6 is 0 Å². The predicted molar refractivity (Wildman–Crippen MR) is 59.5 cm³/mol. The topological polar surface area (TPSA) is 76.8 Å². The van der Waals surface area contributed by atoms with E-state index < -0.39 is 11.7 Å². The first-order valence-electron chi connectivity index (χ1n) is 4.61. The second-order valence-corrected chi connectivity index (χ2v) is 3.29. The molecule has 0 bridgehead atoms. The summed E-state index contributed by atoms with van der Waals surface area (Å²) in [6.45, 7) is 1.52. The monoisotopic (exact) mass is 244 g/mol. The van der Waals surface area contributed by atoms with E-state index >= 15 is 0 Å². The highest BCUT2D eigenvalue weighted by Crippen LogP contribution is 2.29. The van der Waals surface area contributed by atoms with Crippen LogP contribution in [-0.4, -0.2) is 11.7 Å². The zero-order valence-electron chi connectivity index (χ0n) is 8.99. The molecule has 0 aliphatic carbocycles. The van der Waals surface area contributed by atoms with Gasteiger partial charge in [0.25, 0.3) is 0 Å². The molecule has 0 atom stereocenters. The fraction of sp³-hybridized carbons (Fsp3) is 0.200. The lowest BCUT2D eigenvalue weighted by molar-refractivity contribution is -0.137. The predicted octanol–water partition coefficient (Wildman–Crippen LogP) is 1.70. The molecule has 4 N–H and O–H groups in total. The molecule has 92 valence electrons. The minimum atomic E-state index is -4.38. The Balaban J connectivity index is 3.08. The summed E-state index contributed by atoms with van der Waals surface area (Å²) in [6, 6.07) is 4.77. The number of benzene rings is 1. The van der Waals surface area contributed by atoms with Crippen molar-refractivity contribution in [2.75, 3.05) is 0 Å². The van der Waals surface area contributed by atoms with E-state index in [0.29, 0.717) is 11.3 Å². The van der Waals surface area contributed by atoms with Gasteiger partial charge < -0.3 is 11.5 Å². The van der Waals surface area contributed by atoms with Gasteiger partial charge >= 0.3 is 6.18 Å². The van der Waals surface area contributed by atoms with Gasteiger partial charge in [0.05, 0.1) is 11.3 Å². The summed E-state index contributed by atoms with van der Waals surface area (Å²) >= 11 is 0. The summed E-state index contributed by atoms with van der Waals surface area (Å²) in [7, 11) is 0. The number of nitrogens with zero attached hydrogens (tertiary/aromatic N) is 2. The molecule has 1 rings (SSSR count). The molecular formula is C10H11F3N4. The molecule has 0 spiro atoms. The van der Waals surface area contributed by atoms with Crippen LogP contribution in [0.1, 0.15) is 18.1 Å². The molecule has 0 amide bonds. The van der Waals surface area contributed by atoms with Crippen molar-refractivity contribution in [2.45, 2.75) is 13.1 Å². The smallest absolute Gasteiger partial charge is 0.369 e. The van der Waals surface area contributed by atoms with E-state index in [-0.39, 0.29) is 5.96 Å². The van der Waals surface area contributed by atoms with Gasteiger partial charge in [-0.3, -0.25) is 0 Å². The summed E-state index contributed by atoms with van der Waals surface area (Å²) in [5.41, 5.74) is 9.98. The summed E-state index contributed by atoms with van der Waals surface area (Å²) in [6.07, 6.45) is -4.38.